The fraction of sp³-hybridized carbons (Fsp3) is 0.917. The quantitative estimate of drug-likeness (QED) is 0.636. The van der Waals surface area contributed by atoms with E-state index in [1.54, 1.807) is 4.90 Å². The van der Waals surface area contributed by atoms with Crippen molar-refractivity contribution in [3.8, 4) is 0 Å². The highest BCUT2D eigenvalue weighted by Gasteiger charge is 2.44. The van der Waals surface area contributed by atoms with E-state index in [0.717, 1.165) is 32.4 Å². The first-order chi connectivity index (χ1) is 7.40. The molecule has 2 rings (SSSR count). The molecule has 92 valence electrons. The Morgan fingerprint density at radius 1 is 1.38 bits per heavy atom. The molecule has 1 unspecified atom stereocenters. The largest absolute Gasteiger partial charge is 0.444 e. The zero-order valence-electron chi connectivity index (χ0n) is 10.4. The Morgan fingerprint density at radius 2 is 2.12 bits per heavy atom. The van der Waals surface area contributed by atoms with Gasteiger partial charge in [-0.2, -0.15) is 0 Å². The van der Waals surface area contributed by atoms with Gasteiger partial charge < -0.3 is 14.4 Å². The van der Waals surface area contributed by atoms with Crippen molar-refractivity contribution < 1.29 is 14.3 Å². The lowest BCUT2D eigenvalue weighted by Crippen LogP contribution is -2.38. The van der Waals surface area contributed by atoms with Crippen LogP contribution in [0.2, 0.25) is 0 Å². The number of hydrogen-bond donors (Lipinski definition) is 0. The molecule has 2 heterocycles. The first kappa shape index (κ1) is 11.7. The van der Waals surface area contributed by atoms with E-state index < -0.39 is 5.60 Å². The lowest BCUT2D eigenvalue weighted by molar-refractivity contribution is 0.000677. The lowest BCUT2D eigenvalue weighted by Gasteiger charge is -2.26. The molecule has 4 heteroatoms. The molecule has 0 bridgehead atoms. The van der Waals surface area contributed by atoms with Crippen LogP contribution >= 0.6 is 0 Å². The highest BCUT2D eigenvalue weighted by molar-refractivity contribution is 5.68. The van der Waals surface area contributed by atoms with Gasteiger partial charge in [0.15, 0.2) is 0 Å². The van der Waals surface area contributed by atoms with Crippen LogP contribution < -0.4 is 0 Å². The van der Waals surface area contributed by atoms with Crippen LogP contribution in [0.1, 0.15) is 40.0 Å². The summed E-state index contributed by atoms with van der Waals surface area (Å²) in [7, 11) is 0. The van der Waals surface area contributed by atoms with E-state index in [0.29, 0.717) is 6.54 Å². The smallest absolute Gasteiger partial charge is 0.410 e. The molecule has 0 aromatic carbocycles. The molecule has 0 radical (unpaired) electrons. The van der Waals surface area contributed by atoms with Gasteiger partial charge in [-0.05, 0) is 40.0 Å². The zero-order chi connectivity index (χ0) is 11.8. The normalized spacial score (nSPS) is 30.1. The van der Waals surface area contributed by atoms with E-state index in [-0.39, 0.29) is 11.7 Å². The zero-order valence-corrected chi connectivity index (χ0v) is 10.4. The minimum absolute atomic E-state index is 0.0586. The Hall–Kier alpha value is -0.770. The maximum Gasteiger partial charge on any atom is 0.410 e. The fourth-order valence-corrected chi connectivity index (χ4v) is 2.40. The van der Waals surface area contributed by atoms with E-state index >= 15 is 0 Å². The molecule has 1 amide bonds. The van der Waals surface area contributed by atoms with Crippen LogP contribution in [0.5, 0.6) is 0 Å². The van der Waals surface area contributed by atoms with E-state index in [9.17, 15) is 4.79 Å². The van der Waals surface area contributed by atoms with E-state index in [2.05, 4.69) is 0 Å². The Labute approximate surface area is 96.9 Å². The van der Waals surface area contributed by atoms with Crippen molar-refractivity contribution in [2.45, 2.75) is 51.2 Å². The van der Waals surface area contributed by atoms with Gasteiger partial charge in [-0.3, -0.25) is 0 Å². The van der Waals surface area contributed by atoms with E-state index in [1.165, 1.54) is 0 Å². The molecule has 0 aromatic rings. The molecule has 16 heavy (non-hydrogen) atoms. The maximum absolute atomic E-state index is 11.8. The van der Waals surface area contributed by atoms with Crippen molar-refractivity contribution in [3.05, 3.63) is 0 Å². The lowest BCUT2D eigenvalue weighted by atomic mass is 10.00. The van der Waals surface area contributed by atoms with Gasteiger partial charge in [0, 0.05) is 13.2 Å². The summed E-state index contributed by atoms with van der Waals surface area (Å²) < 4.78 is 11.1. The Bertz CT molecular complexity index is 276. The van der Waals surface area contributed by atoms with Crippen molar-refractivity contribution in [1.82, 2.24) is 4.90 Å². The van der Waals surface area contributed by atoms with Crippen molar-refractivity contribution in [2.24, 2.45) is 0 Å². The number of carbonyl (C=O) groups is 1. The van der Waals surface area contributed by atoms with Crippen LogP contribution in [0.3, 0.4) is 0 Å². The van der Waals surface area contributed by atoms with Gasteiger partial charge in [0.1, 0.15) is 5.60 Å². The topological polar surface area (TPSA) is 38.8 Å². The van der Waals surface area contributed by atoms with Gasteiger partial charge in [0.25, 0.3) is 0 Å². The summed E-state index contributed by atoms with van der Waals surface area (Å²) in [6.07, 6.45) is 2.93. The highest BCUT2D eigenvalue weighted by Crippen LogP contribution is 2.35. The van der Waals surface area contributed by atoms with Gasteiger partial charge in [-0.15, -0.1) is 0 Å². The van der Waals surface area contributed by atoms with Crippen molar-refractivity contribution in [1.29, 1.82) is 0 Å². The third-order valence-electron chi connectivity index (χ3n) is 3.15. The van der Waals surface area contributed by atoms with Crippen LogP contribution in [0.25, 0.3) is 0 Å². The van der Waals surface area contributed by atoms with Crippen molar-refractivity contribution in [2.75, 3.05) is 19.7 Å². The highest BCUT2D eigenvalue weighted by atomic mass is 16.6. The Balaban J connectivity index is 1.91. The summed E-state index contributed by atoms with van der Waals surface area (Å²) in [5.74, 6) is 0. The summed E-state index contributed by atoms with van der Waals surface area (Å²) in [6, 6.07) is 0. The van der Waals surface area contributed by atoms with Crippen LogP contribution in [0, 0.1) is 0 Å². The molecule has 0 saturated carbocycles. The van der Waals surface area contributed by atoms with Gasteiger partial charge in [-0.1, -0.05) is 0 Å². The number of likely N-dealkylation sites (tertiary alicyclic amines) is 1. The molecular formula is C12H21NO3. The second kappa shape index (κ2) is 3.91. The molecule has 0 N–H and O–H groups in total. The number of nitrogens with zero attached hydrogens (tertiary/aromatic N) is 1. The minimum Gasteiger partial charge on any atom is -0.444 e. The van der Waals surface area contributed by atoms with E-state index in [1.807, 2.05) is 20.8 Å². The van der Waals surface area contributed by atoms with Crippen LogP contribution in [-0.2, 0) is 9.47 Å². The molecular weight excluding hydrogens is 206 g/mol. The van der Waals surface area contributed by atoms with Crippen molar-refractivity contribution in [3.63, 3.8) is 0 Å². The average Bonchev–Trinajstić information content (AvgIpc) is 2.74. The molecule has 2 fully saturated rings. The SMILES string of the molecule is CC(C)(C)OC(=O)N1CCC2(CCCO2)C1. The standard InChI is InChI=1S/C12H21NO3/c1-11(2,3)16-10(14)13-7-6-12(9-13)5-4-8-15-12/h4-9H2,1-3H3. The second-order valence-electron chi connectivity index (χ2n) is 5.79. The summed E-state index contributed by atoms with van der Waals surface area (Å²) in [4.78, 5) is 13.6. The number of rotatable bonds is 0. The van der Waals surface area contributed by atoms with Crippen LogP contribution in [0.15, 0.2) is 0 Å². The third kappa shape index (κ3) is 2.48. The molecule has 0 aromatic heterocycles. The number of carbonyl (C=O) groups excluding carboxylic acids is 1. The maximum atomic E-state index is 11.8. The van der Waals surface area contributed by atoms with Gasteiger partial charge in [0.05, 0.1) is 12.1 Å². The first-order valence-electron chi connectivity index (χ1n) is 6.02. The predicted octanol–water partition coefficient (Wildman–Crippen LogP) is 2.18. The number of amides is 1. The summed E-state index contributed by atoms with van der Waals surface area (Å²) in [5, 5.41) is 0. The van der Waals surface area contributed by atoms with Gasteiger partial charge in [-0.25, -0.2) is 4.79 Å². The number of ether oxygens (including phenoxy) is 2. The summed E-state index contributed by atoms with van der Waals surface area (Å²) in [5.41, 5.74) is -0.472. The van der Waals surface area contributed by atoms with Gasteiger partial charge in [0.2, 0.25) is 0 Å². The minimum atomic E-state index is -0.413. The molecule has 2 saturated heterocycles. The summed E-state index contributed by atoms with van der Waals surface area (Å²) >= 11 is 0. The predicted molar refractivity (Wildman–Crippen MR) is 60.3 cm³/mol. The fourth-order valence-electron chi connectivity index (χ4n) is 2.40. The summed E-state index contributed by atoms with van der Waals surface area (Å²) in [6.45, 7) is 7.97. The molecule has 1 atom stereocenters. The molecule has 4 nitrogen and oxygen atoms in total. The van der Waals surface area contributed by atoms with Crippen LogP contribution in [0.4, 0.5) is 4.79 Å². The average molecular weight is 227 g/mol. The second-order valence-corrected chi connectivity index (χ2v) is 5.79. The third-order valence-corrected chi connectivity index (χ3v) is 3.15. The first-order valence-corrected chi connectivity index (χ1v) is 6.02. The Morgan fingerprint density at radius 3 is 2.69 bits per heavy atom. The van der Waals surface area contributed by atoms with Crippen LogP contribution in [-0.4, -0.2) is 41.9 Å². The molecule has 1 spiro atoms. The molecule has 2 aliphatic heterocycles. The number of hydrogen-bond acceptors (Lipinski definition) is 3. The molecule has 2 aliphatic rings. The monoisotopic (exact) mass is 227 g/mol. The van der Waals surface area contributed by atoms with Crippen molar-refractivity contribution >= 4 is 6.09 Å². The molecule has 0 aliphatic carbocycles. The van der Waals surface area contributed by atoms with E-state index in [4.69, 9.17) is 9.47 Å². The Kier molecular flexibility index (Phi) is 2.86. The van der Waals surface area contributed by atoms with Gasteiger partial charge >= 0.3 is 6.09 Å².